The van der Waals surface area contributed by atoms with Crippen LogP contribution in [0, 0.1) is 6.92 Å². The second-order valence-electron chi connectivity index (χ2n) is 3.79. The lowest BCUT2D eigenvalue weighted by atomic mass is 10.1. The molecule has 1 aliphatic heterocycles. The van der Waals surface area contributed by atoms with Gasteiger partial charge in [0.2, 0.25) is 0 Å². The van der Waals surface area contributed by atoms with Gasteiger partial charge in [-0.15, -0.1) is 12.4 Å². The Balaban J connectivity index is 0.00000112. The van der Waals surface area contributed by atoms with Crippen LogP contribution in [0.15, 0.2) is 12.3 Å². The zero-order valence-corrected chi connectivity index (χ0v) is 9.70. The maximum atomic E-state index is 5.85. The summed E-state index contributed by atoms with van der Waals surface area (Å²) in [5.41, 5.74) is 5.85. The quantitative estimate of drug-likeness (QED) is 0.783. The lowest BCUT2D eigenvalue weighted by Crippen LogP contribution is -2.40. The van der Waals surface area contributed by atoms with Crippen molar-refractivity contribution in [2.75, 3.05) is 18.0 Å². The van der Waals surface area contributed by atoms with E-state index < -0.39 is 0 Å². The normalized spacial score (nSPS) is 17.3. The molecule has 0 unspecified atom stereocenters. The minimum atomic E-state index is 0. The lowest BCUT2D eigenvalue weighted by Gasteiger charge is -2.30. The molecule has 1 aliphatic rings. The predicted octanol–water partition coefficient (Wildman–Crippen LogP) is 1.13. The van der Waals surface area contributed by atoms with Gasteiger partial charge >= 0.3 is 0 Å². The largest absolute Gasteiger partial charge is 0.356 e. The molecular weight excluding hydrogens is 212 g/mol. The van der Waals surface area contributed by atoms with Crippen molar-refractivity contribution in [2.45, 2.75) is 25.8 Å². The molecule has 1 aromatic heterocycles. The Morgan fingerprint density at radius 2 is 2.07 bits per heavy atom. The Kier molecular flexibility index (Phi) is 4.29. The number of nitrogens with zero attached hydrogens (tertiary/aromatic N) is 3. The Bertz CT molecular complexity index is 310. The first-order chi connectivity index (χ1) is 6.75. The van der Waals surface area contributed by atoms with E-state index in [9.17, 15) is 0 Å². The van der Waals surface area contributed by atoms with Gasteiger partial charge < -0.3 is 10.6 Å². The second-order valence-corrected chi connectivity index (χ2v) is 3.79. The number of piperidine rings is 1. The lowest BCUT2D eigenvalue weighted by molar-refractivity contribution is 0.498. The third kappa shape index (κ3) is 3.04. The van der Waals surface area contributed by atoms with E-state index in [-0.39, 0.29) is 12.4 Å². The molecule has 0 saturated carbocycles. The number of aryl methyl sites for hydroxylation is 1. The van der Waals surface area contributed by atoms with Crippen molar-refractivity contribution >= 4 is 18.2 Å². The summed E-state index contributed by atoms with van der Waals surface area (Å²) in [6.07, 6.45) is 3.93. The summed E-state index contributed by atoms with van der Waals surface area (Å²) in [6, 6.07) is 2.33. The first-order valence-corrected chi connectivity index (χ1v) is 5.06. The van der Waals surface area contributed by atoms with Gasteiger partial charge in [-0.1, -0.05) is 0 Å². The summed E-state index contributed by atoms with van der Waals surface area (Å²) in [7, 11) is 0. The third-order valence-corrected chi connectivity index (χ3v) is 2.62. The van der Waals surface area contributed by atoms with Gasteiger partial charge in [0.1, 0.15) is 11.6 Å². The molecule has 0 bridgehead atoms. The van der Waals surface area contributed by atoms with E-state index in [2.05, 4.69) is 14.9 Å². The van der Waals surface area contributed by atoms with E-state index in [0.29, 0.717) is 6.04 Å². The number of aromatic nitrogens is 2. The maximum absolute atomic E-state index is 5.85. The van der Waals surface area contributed by atoms with Crippen LogP contribution in [0.1, 0.15) is 18.7 Å². The molecule has 15 heavy (non-hydrogen) atoms. The fourth-order valence-electron chi connectivity index (χ4n) is 1.75. The highest BCUT2D eigenvalue weighted by Gasteiger charge is 2.16. The van der Waals surface area contributed by atoms with Crippen LogP contribution in [0.3, 0.4) is 0 Å². The van der Waals surface area contributed by atoms with Crippen LogP contribution in [-0.2, 0) is 0 Å². The first kappa shape index (κ1) is 12.2. The maximum Gasteiger partial charge on any atom is 0.132 e. The SMILES string of the molecule is Cc1nccc(N2CCC(N)CC2)n1.Cl. The zero-order chi connectivity index (χ0) is 9.97. The molecule has 1 aromatic rings. The molecule has 1 saturated heterocycles. The summed E-state index contributed by atoms with van der Waals surface area (Å²) in [5, 5.41) is 0. The molecule has 4 nitrogen and oxygen atoms in total. The monoisotopic (exact) mass is 228 g/mol. The van der Waals surface area contributed by atoms with Gasteiger partial charge in [-0.2, -0.15) is 0 Å². The second kappa shape index (κ2) is 5.28. The number of hydrogen-bond donors (Lipinski definition) is 1. The number of halogens is 1. The molecule has 2 rings (SSSR count). The molecule has 0 spiro atoms. The molecule has 0 atom stereocenters. The molecule has 84 valence electrons. The number of nitrogens with two attached hydrogens (primary N) is 1. The highest BCUT2D eigenvalue weighted by atomic mass is 35.5. The number of hydrogen-bond acceptors (Lipinski definition) is 4. The van der Waals surface area contributed by atoms with E-state index >= 15 is 0 Å². The molecule has 2 heterocycles. The van der Waals surface area contributed by atoms with Crippen molar-refractivity contribution in [3.63, 3.8) is 0 Å². The van der Waals surface area contributed by atoms with Crippen LogP contribution in [0.5, 0.6) is 0 Å². The summed E-state index contributed by atoms with van der Waals surface area (Å²) in [5.74, 6) is 1.86. The van der Waals surface area contributed by atoms with Crippen molar-refractivity contribution in [1.29, 1.82) is 0 Å². The Morgan fingerprint density at radius 3 is 2.67 bits per heavy atom. The summed E-state index contributed by atoms with van der Waals surface area (Å²) in [4.78, 5) is 10.8. The van der Waals surface area contributed by atoms with Crippen molar-refractivity contribution in [3.8, 4) is 0 Å². The zero-order valence-electron chi connectivity index (χ0n) is 8.89. The van der Waals surface area contributed by atoms with E-state index in [1.807, 2.05) is 19.2 Å². The van der Waals surface area contributed by atoms with Gasteiger partial charge in [0.15, 0.2) is 0 Å². The Morgan fingerprint density at radius 1 is 1.40 bits per heavy atom. The predicted molar refractivity (Wildman–Crippen MR) is 63.4 cm³/mol. The molecule has 0 aromatic carbocycles. The van der Waals surface area contributed by atoms with Crippen LogP contribution in [0.25, 0.3) is 0 Å². The van der Waals surface area contributed by atoms with Gasteiger partial charge in [-0.3, -0.25) is 0 Å². The average molecular weight is 229 g/mol. The van der Waals surface area contributed by atoms with E-state index in [1.165, 1.54) is 0 Å². The van der Waals surface area contributed by atoms with Crippen molar-refractivity contribution in [3.05, 3.63) is 18.1 Å². The van der Waals surface area contributed by atoms with Gasteiger partial charge in [-0.05, 0) is 25.8 Å². The summed E-state index contributed by atoms with van der Waals surface area (Å²) >= 11 is 0. The Hall–Kier alpha value is -0.870. The minimum Gasteiger partial charge on any atom is -0.356 e. The third-order valence-electron chi connectivity index (χ3n) is 2.62. The van der Waals surface area contributed by atoms with Crippen LogP contribution in [0.4, 0.5) is 5.82 Å². The van der Waals surface area contributed by atoms with Crippen LogP contribution >= 0.6 is 12.4 Å². The highest BCUT2D eigenvalue weighted by Crippen LogP contribution is 2.16. The van der Waals surface area contributed by atoms with Gasteiger partial charge in [-0.25, -0.2) is 9.97 Å². The average Bonchev–Trinajstić information content (AvgIpc) is 2.19. The van der Waals surface area contributed by atoms with E-state index in [4.69, 9.17) is 5.73 Å². The minimum absolute atomic E-state index is 0. The fraction of sp³-hybridized carbons (Fsp3) is 0.600. The van der Waals surface area contributed by atoms with Gasteiger partial charge in [0, 0.05) is 25.3 Å². The molecule has 2 N–H and O–H groups in total. The molecule has 5 heteroatoms. The van der Waals surface area contributed by atoms with Crippen LogP contribution in [-0.4, -0.2) is 29.1 Å². The number of rotatable bonds is 1. The Labute approximate surface area is 96.3 Å². The highest BCUT2D eigenvalue weighted by molar-refractivity contribution is 5.85. The molecule has 0 radical (unpaired) electrons. The van der Waals surface area contributed by atoms with Crippen molar-refractivity contribution in [2.24, 2.45) is 5.73 Å². The van der Waals surface area contributed by atoms with E-state index in [0.717, 1.165) is 37.6 Å². The molecule has 0 aliphatic carbocycles. The summed E-state index contributed by atoms with van der Waals surface area (Å²) in [6.45, 7) is 3.94. The van der Waals surface area contributed by atoms with Crippen LogP contribution in [0.2, 0.25) is 0 Å². The molecule has 1 fully saturated rings. The van der Waals surface area contributed by atoms with E-state index in [1.54, 1.807) is 0 Å². The topological polar surface area (TPSA) is 55.0 Å². The first-order valence-electron chi connectivity index (χ1n) is 5.06. The van der Waals surface area contributed by atoms with Crippen molar-refractivity contribution in [1.82, 2.24) is 9.97 Å². The van der Waals surface area contributed by atoms with Gasteiger partial charge in [0.25, 0.3) is 0 Å². The number of anilines is 1. The van der Waals surface area contributed by atoms with Gasteiger partial charge in [0.05, 0.1) is 0 Å². The summed E-state index contributed by atoms with van der Waals surface area (Å²) < 4.78 is 0. The standard InChI is InChI=1S/C10H16N4.ClH/c1-8-12-5-2-10(13-8)14-6-3-9(11)4-7-14;/h2,5,9H,3-4,6-7,11H2,1H3;1H. The molecular formula is C10H17ClN4. The smallest absolute Gasteiger partial charge is 0.132 e. The molecule has 0 amide bonds. The van der Waals surface area contributed by atoms with Crippen LogP contribution < -0.4 is 10.6 Å². The fourth-order valence-corrected chi connectivity index (χ4v) is 1.75. The van der Waals surface area contributed by atoms with Crippen molar-refractivity contribution < 1.29 is 0 Å².